The van der Waals surface area contributed by atoms with Crippen molar-refractivity contribution >= 4 is 17.5 Å². The van der Waals surface area contributed by atoms with Gasteiger partial charge in [0, 0.05) is 24.9 Å². The topological polar surface area (TPSA) is 61.8 Å². The van der Waals surface area contributed by atoms with Gasteiger partial charge in [-0.15, -0.1) is 0 Å². The van der Waals surface area contributed by atoms with Crippen LogP contribution in [0, 0.1) is 0 Å². The molecule has 5 nitrogen and oxygen atoms in total. The van der Waals surface area contributed by atoms with E-state index < -0.39 is 0 Å². The van der Waals surface area contributed by atoms with Gasteiger partial charge in [0.15, 0.2) is 0 Å². The molecule has 1 fully saturated rings. The summed E-state index contributed by atoms with van der Waals surface area (Å²) in [5.41, 5.74) is 2.76. The zero-order valence-electron chi connectivity index (χ0n) is 9.75. The second-order valence-corrected chi connectivity index (χ2v) is 4.97. The molecular formula is C11H17N3O2. The van der Waals surface area contributed by atoms with E-state index in [4.69, 9.17) is 0 Å². The van der Waals surface area contributed by atoms with Crippen molar-refractivity contribution < 1.29 is 9.59 Å². The van der Waals surface area contributed by atoms with Gasteiger partial charge in [-0.1, -0.05) is 0 Å². The molecule has 0 bridgehead atoms. The molecule has 0 aliphatic carbocycles. The maximum atomic E-state index is 12.2. The van der Waals surface area contributed by atoms with Gasteiger partial charge in [0.2, 0.25) is 5.91 Å². The molecule has 0 aromatic carbocycles. The lowest BCUT2D eigenvalue weighted by atomic mass is 10.0. The van der Waals surface area contributed by atoms with Crippen molar-refractivity contribution in [3.05, 3.63) is 0 Å². The maximum absolute atomic E-state index is 12.2. The summed E-state index contributed by atoms with van der Waals surface area (Å²) < 4.78 is 0. The molecule has 1 saturated heterocycles. The normalized spacial score (nSPS) is 24.0. The van der Waals surface area contributed by atoms with E-state index >= 15 is 0 Å². The van der Waals surface area contributed by atoms with Crippen LogP contribution in [0.25, 0.3) is 0 Å². The molecule has 0 atom stereocenters. The fourth-order valence-corrected chi connectivity index (χ4v) is 2.27. The molecule has 5 heteroatoms. The summed E-state index contributed by atoms with van der Waals surface area (Å²) in [5, 5.41) is 3.85. The molecule has 2 aliphatic heterocycles. The lowest BCUT2D eigenvalue weighted by Crippen LogP contribution is -2.47. The van der Waals surface area contributed by atoms with Crippen LogP contribution in [-0.2, 0) is 9.59 Å². The highest BCUT2D eigenvalue weighted by Gasteiger charge is 2.37. The Morgan fingerprint density at radius 2 is 2.19 bits per heavy atom. The molecule has 0 aromatic rings. The molecule has 2 aliphatic rings. The number of nitrogens with one attached hydrogen (secondary N) is 1. The number of rotatable bonds is 1. The summed E-state index contributed by atoms with van der Waals surface area (Å²) in [6.45, 7) is 4.93. The lowest BCUT2D eigenvalue weighted by molar-refractivity contribution is -0.127. The van der Waals surface area contributed by atoms with Crippen LogP contribution >= 0.6 is 0 Å². The molecule has 2 rings (SSSR count). The molecule has 2 amide bonds. The SMILES string of the molecule is CC1(C)CCCN1C(=O)C1=NNC(=O)CC1. The minimum absolute atomic E-state index is 0.0255. The van der Waals surface area contributed by atoms with Crippen LogP contribution in [0.15, 0.2) is 5.10 Å². The third-order valence-corrected chi connectivity index (χ3v) is 3.30. The Morgan fingerprint density at radius 1 is 1.44 bits per heavy atom. The average Bonchev–Trinajstić information content (AvgIpc) is 2.58. The highest BCUT2D eigenvalue weighted by Crippen LogP contribution is 2.28. The molecule has 0 radical (unpaired) electrons. The van der Waals surface area contributed by atoms with Crippen molar-refractivity contribution in [1.82, 2.24) is 10.3 Å². The largest absolute Gasteiger partial charge is 0.332 e. The summed E-state index contributed by atoms with van der Waals surface area (Å²) in [6.07, 6.45) is 2.88. The first-order valence-corrected chi connectivity index (χ1v) is 5.68. The van der Waals surface area contributed by atoms with Crippen LogP contribution in [0.4, 0.5) is 0 Å². The van der Waals surface area contributed by atoms with E-state index in [9.17, 15) is 9.59 Å². The number of nitrogens with zero attached hydrogens (tertiary/aromatic N) is 2. The highest BCUT2D eigenvalue weighted by atomic mass is 16.2. The van der Waals surface area contributed by atoms with Gasteiger partial charge < -0.3 is 4.90 Å². The Morgan fingerprint density at radius 3 is 2.69 bits per heavy atom. The van der Waals surface area contributed by atoms with Gasteiger partial charge >= 0.3 is 0 Å². The molecule has 2 heterocycles. The number of hydrazone groups is 1. The number of likely N-dealkylation sites (tertiary alicyclic amines) is 1. The van der Waals surface area contributed by atoms with E-state index in [0.29, 0.717) is 18.6 Å². The summed E-state index contributed by atoms with van der Waals surface area (Å²) >= 11 is 0. The Labute approximate surface area is 94.9 Å². The Balaban J connectivity index is 2.11. The lowest BCUT2D eigenvalue weighted by Gasteiger charge is -2.32. The Bertz CT molecular complexity index is 360. The van der Waals surface area contributed by atoms with E-state index in [1.807, 2.05) is 4.90 Å². The quantitative estimate of drug-likeness (QED) is 0.709. The molecule has 1 N–H and O–H groups in total. The number of hydrogen-bond donors (Lipinski definition) is 1. The zero-order chi connectivity index (χ0) is 11.8. The smallest absolute Gasteiger partial charge is 0.270 e. The van der Waals surface area contributed by atoms with Crippen molar-refractivity contribution in [2.24, 2.45) is 5.10 Å². The molecule has 0 unspecified atom stereocenters. The zero-order valence-corrected chi connectivity index (χ0v) is 9.75. The van der Waals surface area contributed by atoms with E-state index in [2.05, 4.69) is 24.4 Å². The van der Waals surface area contributed by atoms with E-state index in [1.165, 1.54) is 0 Å². The number of carbonyl (C=O) groups is 2. The van der Waals surface area contributed by atoms with Crippen LogP contribution in [0.3, 0.4) is 0 Å². The number of carbonyl (C=O) groups excluding carboxylic acids is 2. The van der Waals surface area contributed by atoms with E-state index in [0.717, 1.165) is 19.4 Å². The molecule has 0 saturated carbocycles. The summed E-state index contributed by atoms with van der Waals surface area (Å²) in [4.78, 5) is 25.0. The second kappa shape index (κ2) is 3.88. The van der Waals surface area contributed by atoms with Gasteiger partial charge in [-0.2, -0.15) is 5.10 Å². The van der Waals surface area contributed by atoms with Crippen LogP contribution < -0.4 is 5.43 Å². The number of hydrogen-bond acceptors (Lipinski definition) is 3. The summed E-state index contributed by atoms with van der Waals surface area (Å²) in [7, 11) is 0. The van der Waals surface area contributed by atoms with Gasteiger partial charge in [-0.3, -0.25) is 9.59 Å². The van der Waals surface area contributed by atoms with Crippen LogP contribution in [0.5, 0.6) is 0 Å². The summed E-state index contributed by atoms with van der Waals surface area (Å²) in [5.74, 6) is -0.139. The fourth-order valence-electron chi connectivity index (χ4n) is 2.27. The molecular weight excluding hydrogens is 206 g/mol. The minimum atomic E-state index is -0.114. The summed E-state index contributed by atoms with van der Waals surface area (Å²) in [6, 6.07) is 0. The van der Waals surface area contributed by atoms with E-state index in [-0.39, 0.29) is 17.4 Å². The van der Waals surface area contributed by atoms with Gasteiger partial charge in [0.1, 0.15) is 5.71 Å². The van der Waals surface area contributed by atoms with Gasteiger partial charge in [0.05, 0.1) is 0 Å². The van der Waals surface area contributed by atoms with Gasteiger partial charge in [0.25, 0.3) is 5.91 Å². The number of amides is 2. The average molecular weight is 223 g/mol. The third-order valence-electron chi connectivity index (χ3n) is 3.30. The molecule has 16 heavy (non-hydrogen) atoms. The van der Waals surface area contributed by atoms with Crippen LogP contribution in [-0.4, -0.2) is 34.5 Å². The van der Waals surface area contributed by atoms with E-state index in [1.54, 1.807) is 0 Å². The predicted octanol–water partition coefficient (Wildman–Crippen LogP) is 0.653. The maximum Gasteiger partial charge on any atom is 0.270 e. The Hall–Kier alpha value is -1.39. The van der Waals surface area contributed by atoms with Crippen molar-refractivity contribution in [1.29, 1.82) is 0 Å². The second-order valence-electron chi connectivity index (χ2n) is 4.97. The first kappa shape index (κ1) is 11.1. The van der Waals surface area contributed by atoms with Crippen molar-refractivity contribution in [3.8, 4) is 0 Å². The van der Waals surface area contributed by atoms with Crippen molar-refractivity contribution in [2.45, 2.75) is 45.1 Å². The molecule has 0 spiro atoms. The monoisotopic (exact) mass is 223 g/mol. The predicted molar refractivity (Wildman–Crippen MR) is 59.8 cm³/mol. The Kier molecular flexibility index (Phi) is 2.69. The van der Waals surface area contributed by atoms with Gasteiger partial charge in [-0.05, 0) is 26.7 Å². The molecule has 88 valence electrons. The molecule has 0 aromatic heterocycles. The fraction of sp³-hybridized carbons (Fsp3) is 0.727. The van der Waals surface area contributed by atoms with Crippen molar-refractivity contribution in [3.63, 3.8) is 0 Å². The van der Waals surface area contributed by atoms with Crippen LogP contribution in [0.1, 0.15) is 39.5 Å². The first-order chi connectivity index (χ1) is 7.50. The minimum Gasteiger partial charge on any atom is -0.332 e. The first-order valence-electron chi connectivity index (χ1n) is 5.68. The third kappa shape index (κ3) is 1.94. The highest BCUT2D eigenvalue weighted by molar-refractivity contribution is 6.39. The van der Waals surface area contributed by atoms with Crippen molar-refractivity contribution in [2.75, 3.05) is 6.54 Å². The van der Waals surface area contributed by atoms with Gasteiger partial charge in [-0.25, -0.2) is 5.43 Å². The van der Waals surface area contributed by atoms with Crippen LogP contribution in [0.2, 0.25) is 0 Å². The standard InChI is InChI=1S/C11H17N3O2/c1-11(2)6-3-7-14(11)10(16)8-4-5-9(15)13-12-8/h3-7H2,1-2H3,(H,13,15).